The van der Waals surface area contributed by atoms with Crippen LogP contribution in [0.15, 0.2) is 24.3 Å². The summed E-state index contributed by atoms with van der Waals surface area (Å²) in [6, 6.07) is 8.88. The maximum absolute atomic E-state index is 7.52. The molecule has 0 bridgehead atoms. The van der Waals surface area contributed by atoms with Gasteiger partial charge in [0.1, 0.15) is 5.84 Å². The molecule has 4 heteroatoms. The third-order valence-electron chi connectivity index (χ3n) is 2.59. The molecule has 0 amide bonds. The van der Waals surface area contributed by atoms with Gasteiger partial charge in [-0.15, -0.1) is 12.4 Å². The van der Waals surface area contributed by atoms with Crippen LogP contribution in [0.3, 0.4) is 0 Å². The van der Waals surface area contributed by atoms with Gasteiger partial charge in [0.2, 0.25) is 0 Å². The molecule has 1 aliphatic rings. The van der Waals surface area contributed by atoms with Gasteiger partial charge >= 0.3 is 0 Å². The Morgan fingerprint density at radius 2 is 1.87 bits per heavy atom. The van der Waals surface area contributed by atoms with Crippen LogP contribution in [0.2, 0.25) is 0 Å². The number of amidine groups is 1. The summed E-state index contributed by atoms with van der Waals surface area (Å²) < 4.78 is 0. The molecule has 15 heavy (non-hydrogen) atoms. The van der Waals surface area contributed by atoms with Crippen molar-refractivity contribution < 1.29 is 0 Å². The van der Waals surface area contributed by atoms with Crippen LogP contribution < -0.4 is 5.32 Å². The molecule has 0 unspecified atom stereocenters. The van der Waals surface area contributed by atoms with E-state index in [9.17, 15) is 0 Å². The standard InChI is InChI=1S/C11H14N2S.ClH/c12-11(7-14)13-10-5-8-3-1-2-4-9(8)6-10;/h1-4,10,14H,5-7H2,(H2,12,13);1H. The summed E-state index contributed by atoms with van der Waals surface area (Å²) in [5.41, 5.74) is 2.83. The quantitative estimate of drug-likeness (QED) is 0.415. The van der Waals surface area contributed by atoms with Crippen LogP contribution >= 0.6 is 25.0 Å². The lowest BCUT2D eigenvalue weighted by Crippen LogP contribution is -2.35. The van der Waals surface area contributed by atoms with E-state index in [4.69, 9.17) is 5.41 Å². The monoisotopic (exact) mass is 242 g/mol. The molecule has 0 radical (unpaired) electrons. The minimum Gasteiger partial charge on any atom is -0.370 e. The van der Waals surface area contributed by atoms with Crippen LogP contribution in [0.5, 0.6) is 0 Å². The Morgan fingerprint density at radius 1 is 1.33 bits per heavy atom. The first-order valence-corrected chi connectivity index (χ1v) is 5.44. The van der Waals surface area contributed by atoms with Gasteiger partial charge in [-0.2, -0.15) is 12.6 Å². The van der Waals surface area contributed by atoms with Crippen LogP contribution in [-0.2, 0) is 12.8 Å². The molecule has 0 aliphatic heterocycles. The van der Waals surface area contributed by atoms with Crippen molar-refractivity contribution in [3.8, 4) is 0 Å². The minimum absolute atomic E-state index is 0. The van der Waals surface area contributed by atoms with Gasteiger partial charge in [-0.25, -0.2) is 0 Å². The topological polar surface area (TPSA) is 35.9 Å². The molecular weight excluding hydrogens is 228 g/mol. The Hall–Kier alpha value is -0.670. The summed E-state index contributed by atoms with van der Waals surface area (Å²) in [5.74, 6) is 1.01. The minimum atomic E-state index is 0. The number of hydrogen-bond donors (Lipinski definition) is 3. The van der Waals surface area contributed by atoms with Crippen LogP contribution in [0.25, 0.3) is 0 Å². The van der Waals surface area contributed by atoms with Gasteiger partial charge in [-0.05, 0) is 24.0 Å². The Bertz CT molecular complexity index is 329. The lowest BCUT2D eigenvalue weighted by atomic mass is 10.1. The molecule has 2 N–H and O–H groups in total. The Balaban J connectivity index is 0.00000112. The Kier molecular flexibility index (Phi) is 4.48. The Labute approximate surface area is 102 Å². The zero-order valence-electron chi connectivity index (χ0n) is 8.36. The number of hydrogen-bond acceptors (Lipinski definition) is 2. The summed E-state index contributed by atoms with van der Waals surface area (Å²) in [6.45, 7) is 0. The fraction of sp³-hybridized carbons (Fsp3) is 0.364. The molecule has 0 saturated heterocycles. The largest absolute Gasteiger partial charge is 0.370 e. The normalized spacial score (nSPS) is 14.2. The lowest BCUT2D eigenvalue weighted by molar-refractivity contribution is 0.641. The van der Waals surface area contributed by atoms with Gasteiger partial charge in [0.25, 0.3) is 0 Å². The molecular formula is C11H15ClN2S. The average molecular weight is 243 g/mol. The molecule has 0 aromatic heterocycles. The van der Waals surface area contributed by atoms with Crippen molar-refractivity contribution in [2.75, 3.05) is 5.75 Å². The molecule has 1 aliphatic carbocycles. The second kappa shape index (κ2) is 5.42. The van der Waals surface area contributed by atoms with Gasteiger partial charge < -0.3 is 5.32 Å². The summed E-state index contributed by atoms with van der Waals surface area (Å²) in [7, 11) is 0. The van der Waals surface area contributed by atoms with Gasteiger partial charge in [-0.1, -0.05) is 24.3 Å². The second-order valence-electron chi connectivity index (χ2n) is 3.65. The molecule has 1 aromatic carbocycles. The third kappa shape index (κ3) is 2.89. The molecule has 0 saturated carbocycles. The van der Waals surface area contributed by atoms with Gasteiger partial charge in [0, 0.05) is 11.8 Å². The highest BCUT2D eigenvalue weighted by Gasteiger charge is 2.20. The molecule has 0 fully saturated rings. The lowest BCUT2D eigenvalue weighted by Gasteiger charge is -2.12. The van der Waals surface area contributed by atoms with E-state index in [2.05, 4.69) is 42.2 Å². The molecule has 0 heterocycles. The predicted octanol–water partition coefficient (Wildman–Crippen LogP) is 2.07. The van der Waals surface area contributed by atoms with Gasteiger partial charge in [-0.3, -0.25) is 5.41 Å². The van der Waals surface area contributed by atoms with Crippen LogP contribution in [-0.4, -0.2) is 17.6 Å². The van der Waals surface area contributed by atoms with E-state index in [1.807, 2.05) is 0 Å². The molecule has 2 rings (SSSR count). The molecule has 2 nitrogen and oxygen atoms in total. The highest BCUT2D eigenvalue weighted by atomic mass is 35.5. The fourth-order valence-electron chi connectivity index (χ4n) is 1.95. The summed E-state index contributed by atoms with van der Waals surface area (Å²) in [4.78, 5) is 0. The van der Waals surface area contributed by atoms with Crippen molar-refractivity contribution in [3.63, 3.8) is 0 Å². The number of rotatable bonds is 2. The maximum Gasteiger partial charge on any atom is 0.103 e. The number of fused-ring (bicyclic) bond motifs is 1. The summed E-state index contributed by atoms with van der Waals surface area (Å²) in [5, 5.41) is 10.7. The number of thiol groups is 1. The van der Waals surface area contributed by atoms with E-state index in [1.54, 1.807) is 0 Å². The number of benzene rings is 1. The SMILES string of the molecule is Cl.N=C(CS)NC1Cc2ccccc2C1. The van der Waals surface area contributed by atoms with Crippen molar-refractivity contribution in [2.45, 2.75) is 18.9 Å². The van der Waals surface area contributed by atoms with Crippen LogP contribution in [0, 0.1) is 5.41 Å². The third-order valence-corrected chi connectivity index (χ3v) is 2.90. The molecule has 1 aromatic rings. The number of nitrogens with one attached hydrogen (secondary N) is 2. The maximum atomic E-state index is 7.52. The smallest absolute Gasteiger partial charge is 0.103 e. The molecule has 0 spiro atoms. The van der Waals surface area contributed by atoms with Crippen molar-refractivity contribution >= 4 is 30.9 Å². The second-order valence-corrected chi connectivity index (χ2v) is 3.97. The Morgan fingerprint density at radius 3 is 2.33 bits per heavy atom. The zero-order chi connectivity index (χ0) is 9.97. The van der Waals surface area contributed by atoms with Gasteiger partial charge in [0.05, 0.1) is 0 Å². The van der Waals surface area contributed by atoms with E-state index in [1.165, 1.54) is 11.1 Å². The molecule has 82 valence electrons. The van der Waals surface area contributed by atoms with E-state index < -0.39 is 0 Å². The zero-order valence-corrected chi connectivity index (χ0v) is 10.1. The summed E-state index contributed by atoms with van der Waals surface area (Å²) >= 11 is 4.06. The van der Waals surface area contributed by atoms with Crippen molar-refractivity contribution in [1.82, 2.24) is 5.32 Å². The predicted molar refractivity (Wildman–Crippen MR) is 69.6 cm³/mol. The highest BCUT2D eigenvalue weighted by Crippen LogP contribution is 2.21. The summed E-state index contributed by atoms with van der Waals surface area (Å²) in [6.07, 6.45) is 2.07. The van der Waals surface area contributed by atoms with Gasteiger partial charge in [0.15, 0.2) is 0 Å². The van der Waals surface area contributed by atoms with Crippen LogP contribution in [0.1, 0.15) is 11.1 Å². The fourth-order valence-corrected chi connectivity index (χ4v) is 2.04. The van der Waals surface area contributed by atoms with E-state index >= 15 is 0 Å². The van der Waals surface area contributed by atoms with E-state index in [0.717, 1.165) is 12.8 Å². The van der Waals surface area contributed by atoms with Crippen molar-refractivity contribution in [2.24, 2.45) is 0 Å². The highest BCUT2D eigenvalue weighted by molar-refractivity contribution is 7.81. The van der Waals surface area contributed by atoms with Crippen molar-refractivity contribution in [3.05, 3.63) is 35.4 Å². The first kappa shape index (κ1) is 12.4. The average Bonchev–Trinajstić information content (AvgIpc) is 2.59. The first-order valence-electron chi connectivity index (χ1n) is 4.81. The van der Waals surface area contributed by atoms with E-state index in [-0.39, 0.29) is 12.4 Å². The van der Waals surface area contributed by atoms with Crippen molar-refractivity contribution in [1.29, 1.82) is 5.41 Å². The number of halogens is 1. The first-order chi connectivity index (χ1) is 6.79. The van der Waals surface area contributed by atoms with Crippen LogP contribution in [0.4, 0.5) is 0 Å². The molecule has 0 atom stereocenters. The van der Waals surface area contributed by atoms with E-state index in [0.29, 0.717) is 17.6 Å².